The first-order chi connectivity index (χ1) is 28.2. The van der Waals surface area contributed by atoms with Gasteiger partial charge in [-0.2, -0.15) is 0 Å². The van der Waals surface area contributed by atoms with Crippen LogP contribution in [0.3, 0.4) is 0 Å². The molecule has 9 aromatic carbocycles. The third kappa shape index (κ3) is 5.39. The van der Waals surface area contributed by atoms with Crippen molar-refractivity contribution in [3.05, 3.63) is 194 Å². The Morgan fingerprint density at radius 1 is 0.228 bits per heavy atom. The fourth-order valence-electron chi connectivity index (χ4n) is 8.58. The molecule has 0 radical (unpaired) electrons. The molecule has 12 aromatic rings. The monoisotopic (exact) mass is 744 g/mol. The van der Waals surface area contributed by atoms with Crippen molar-refractivity contribution in [3.8, 4) is 55.6 Å². The summed E-state index contributed by atoms with van der Waals surface area (Å²) in [5.74, 6) is 0. The third-order valence-electron chi connectivity index (χ3n) is 11.5. The lowest BCUT2D eigenvalue weighted by molar-refractivity contribution is 0.668. The maximum Gasteiger partial charge on any atom is 0.135 e. The van der Waals surface area contributed by atoms with Gasteiger partial charge in [0.1, 0.15) is 22.3 Å². The third-order valence-corrected chi connectivity index (χ3v) is 12.6. The summed E-state index contributed by atoms with van der Waals surface area (Å²) in [6.45, 7) is 0. The van der Waals surface area contributed by atoms with Crippen LogP contribution < -0.4 is 0 Å². The summed E-state index contributed by atoms with van der Waals surface area (Å²) in [5, 5.41) is 7.16. The second-order valence-electron chi connectivity index (χ2n) is 14.9. The first-order valence-corrected chi connectivity index (χ1v) is 20.1. The van der Waals surface area contributed by atoms with Crippen molar-refractivity contribution in [1.29, 1.82) is 0 Å². The molecule has 0 N–H and O–H groups in total. The van der Waals surface area contributed by atoms with Gasteiger partial charge in [0.05, 0.1) is 0 Å². The van der Waals surface area contributed by atoms with Gasteiger partial charge in [0.2, 0.25) is 0 Å². The van der Waals surface area contributed by atoms with E-state index in [0.717, 1.165) is 43.9 Å². The summed E-state index contributed by atoms with van der Waals surface area (Å²) >= 11 is 1.86. The molecule has 12 rings (SSSR count). The van der Waals surface area contributed by atoms with Crippen LogP contribution >= 0.6 is 11.3 Å². The standard InChI is InChI=1S/C54H32O2S/c1-3-16-49-43(14-1)45-29-39(18-22-51(45)55-49)35-10-5-8-33(26-35)34-9-6-12-37(27-34)41-20-24-53-47(31-41)48-32-42(21-25-54(48)57-53)38-13-7-11-36(28-38)40-19-23-52-46(30-40)44-15-2-4-17-50(44)56-52/h1-32H. The van der Waals surface area contributed by atoms with Gasteiger partial charge >= 0.3 is 0 Å². The van der Waals surface area contributed by atoms with Crippen LogP contribution in [0.15, 0.2) is 203 Å². The molecule has 0 fully saturated rings. The number of thiophene rings is 1. The van der Waals surface area contributed by atoms with Crippen LogP contribution in [-0.2, 0) is 0 Å². The predicted molar refractivity (Wildman–Crippen MR) is 241 cm³/mol. The van der Waals surface area contributed by atoms with Crippen LogP contribution in [0.1, 0.15) is 0 Å². The zero-order valence-electron chi connectivity index (χ0n) is 30.7. The average Bonchev–Trinajstić information content (AvgIpc) is 3.96. The lowest BCUT2D eigenvalue weighted by atomic mass is 9.95. The minimum atomic E-state index is 0.915. The van der Waals surface area contributed by atoms with Crippen molar-refractivity contribution in [3.63, 3.8) is 0 Å². The molecule has 57 heavy (non-hydrogen) atoms. The summed E-state index contributed by atoms with van der Waals surface area (Å²) in [5.41, 5.74) is 15.6. The van der Waals surface area contributed by atoms with Gasteiger partial charge in [0.15, 0.2) is 0 Å². The molecule has 0 aliphatic rings. The molecule has 0 saturated heterocycles. The lowest BCUT2D eigenvalue weighted by Gasteiger charge is -2.09. The first-order valence-electron chi connectivity index (χ1n) is 19.3. The Labute approximate surface area is 332 Å². The van der Waals surface area contributed by atoms with Crippen LogP contribution in [-0.4, -0.2) is 0 Å². The Hall–Kier alpha value is -7.20. The highest BCUT2D eigenvalue weighted by Gasteiger charge is 2.13. The van der Waals surface area contributed by atoms with Gasteiger partial charge in [-0.15, -0.1) is 11.3 Å². The molecule has 3 heterocycles. The van der Waals surface area contributed by atoms with Crippen LogP contribution in [0.2, 0.25) is 0 Å². The maximum atomic E-state index is 6.10. The molecule has 0 atom stereocenters. The van der Waals surface area contributed by atoms with Crippen molar-refractivity contribution in [2.45, 2.75) is 0 Å². The lowest BCUT2D eigenvalue weighted by Crippen LogP contribution is -1.84. The van der Waals surface area contributed by atoms with Gasteiger partial charge < -0.3 is 8.83 Å². The van der Waals surface area contributed by atoms with E-state index in [0.29, 0.717) is 0 Å². The highest BCUT2D eigenvalue weighted by atomic mass is 32.1. The van der Waals surface area contributed by atoms with E-state index in [1.165, 1.54) is 75.8 Å². The Kier molecular flexibility index (Phi) is 7.13. The highest BCUT2D eigenvalue weighted by Crippen LogP contribution is 2.41. The van der Waals surface area contributed by atoms with Gasteiger partial charge in [0.25, 0.3) is 0 Å². The minimum Gasteiger partial charge on any atom is -0.456 e. The van der Waals surface area contributed by atoms with Gasteiger partial charge in [-0.05, 0) is 134 Å². The fourth-order valence-corrected chi connectivity index (χ4v) is 9.65. The number of para-hydroxylation sites is 2. The van der Waals surface area contributed by atoms with Crippen molar-refractivity contribution < 1.29 is 8.83 Å². The Bertz CT molecular complexity index is 3540. The number of furan rings is 2. The second-order valence-corrected chi connectivity index (χ2v) is 16.0. The van der Waals surface area contributed by atoms with E-state index in [-0.39, 0.29) is 0 Å². The van der Waals surface area contributed by atoms with Crippen molar-refractivity contribution in [2.24, 2.45) is 0 Å². The summed E-state index contributed by atoms with van der Waals surface area (Å²) in [4.78, 5) is 0. The number of rotatable bonds is 5. The van der Waals surface area contributed by atoms with E-state index in [4.69, 9.17) is 8.83 Å². The Morgan fingerprint density at radius 3 is 0.947 bits per heavy atom. The van der Waals surface area contributed by atoms with Gasteiger partial charge in [-0.25, -0.2) is 0 Å². The molecule has 3 aromatic heterocycles. The molecular weight excluding hydrogens is 713 g/mol. The predicted octanol–water partition coefficient (Wildman–Crippen LogP) is 16.2. The molecule has 0 unspecified atom stereocenters. The SMILES string of the molecule is c1cc(-c2cccc(-c3ccc4sc5ccc(-c6cccc(-c7ccc8oc9ccccc9c8c7)c6)cc5c4c3)c2)cc(-c2ccc3oc4ccccc4c3c2)c1. The summed E-state index contributed by atoms with van der Waals surface area (Å²) in [6.07, 6.45) is 0. The summed E-state index contributed by atoms with van der Waals surface area (Å²) < 4.78 is 14.8. The van der Waals surface area contributed by atoms with Crippen LogP contribution in [0, 0.1) is 0 Å². The van der Waals surface area contributed by atoms with Gasteiger partial charge in [0, 0.05) is 41.7 Å². The number of hydrogen-bond acceptors (Lipinski definition) is 3. The average molecular weight is 745 g/mol. The molecule has 266 valence electrons. The molecular formula is C54H32O2S. The highest BCUT2D eigenvalue weighted by molar-refractivity contribution is 7.25. The van der Waals surface area contributed by atoms with Crippen molar-refractivity contribution in [2.75, 3.05) is 0 Å². The topological polar surface area (TPSA) is 26.3 Å². The van der Waals surface area contributed by atoms with Crippen molar-refractivity contribution >= 4 is 75.4 Å². The number of fused-ring (bicyclic) bond motifs is 9. The van der Waals surface area contributed by atoms with E-state index in [2.05, 4.69) is 170 Å². The molecule has 0 aliphatic carbocycles. The van der Waals surface area contributed by atoms with Crippen LogP contribution in [0.4, 0.5) is 0 Å². The molecule has 0 spiro atoms. The van der Waals surface area contributed by atoms with E-state index in [1.807, 2.05) is 35.6 Å². The van der Waals surface area contributed by atoms with Crippen LogP contribution in [0.5, 0.6) is 0 Å². The molecule has 3 heteroatoms. The molecule has 0 amide bonds. The first kappa shape index (κ1) is 32.1. The fraction of sp³-hybridized carbons (Fsp3) is 0. The Balaban J connectivity index is 0.881. The second kappa shape index (κ2) is 12.7. The number of benzene rings is 9. The smallest absolute Gasteiger partial charge is 0.135 e. The zero-order valence-corrected chi connectivity index (χ0v) is 31.5. The zero-order chi connectivity index (χ0) is 37.5. The maximum absolute atomic E-state index is 6.10. The molecule has 0 aliphatic heterocycles. The van der Waals surface area contributed by atoms with E-state index in [1.54, 1.807) is 0 Å². The molecule has 2 nitrogen and oxygen atoms in total. The molecule has 0 bridgehead atoms. The van der Waals surface area contributed by atoms with Gasteiger partial charge in [-0.3, -0.25) is 0 Å². The normalized spacial score (nSPS) is 11.9. The van der Waals surface area contributed by atoms with E-state index < -0.39 is 0 Å². The quantitative estimate of drug-likeness (QED) is 0.175. The van der Waals surface area contributed by atoms with Gasteiger partial charge in [-0.1, -0.05) is 115 Å². The van der Waals surface area contributed by atoms with E-state index in [9.17, 15) is 0 Å². The largest absolute Gasteiger partial charge is 0.456 e. The molecule has 0 saturated carbocycles. The number of hydrogen-bond donors (Lipinski definition) is 0. The van der Waals surface area contributed by atoms with Crippen molar-refractivity contribution in [1.82, 2.24) is 0 Å². The summed E-state index contributed by atoms with van der Waals surface area (Å²) in [7, 11) is 0. The summed E-state index contributed by atoms with van der Waals surface area (Å²) in [6, 6.07) is 70.0. The Morgan fingerprint density at radius 2 is 0.544 bits per heavy atom. The minimum absolute atomic E-state index is 0.915. The van der Waals surface area contributed by atoms with Crippen LogP contribution in [0.25, 0.3) is 120 Å². The van der Waals surface area contributed by atoms with E-state index >= 15 is 0 Å².